The molecule has 9 nitrogen and oxygen atoms in total. The number of halogens is 2. The van der Waals surface area contributed by atoms with Crippen LogP contribution >= 0.6 is 0 Å². The summed E-state index contributed by atoms with van der Waals surface area (Å²) in [7, 11) is -3.61. The molecular weight excluding hydrogens is 394 g/mol. The minimum Gasteiger partial charge on any atom is -0.319 e. The van der Waals surface area contributed by atoms with Crippen molar-refractivity contribution >= 4 is 27.4 Å². The SMILES string of the molecule is CCNS(=O)(=O)c1ccc(NC(=O)c2nc3nc(C)cc(C(F)F)n3n2)cc1. The highest BCUT2D eigenvalue weighted by Gasteiger charge is 2.20. The first kappa shape index (κ1) is 19.8. The number of hydrogen-bond donors (Lipinski definition) is 2. The molecule has 0 aliphatic carbocycles. The van der Waals surface area contributed by atoms with E-state index in [4.69, 9.17) is 0 Å². The molecule has 0 saturated carbocycles. The highest BCUT2D eigenvalue weighted by atomic mass is 32.2. The van der Waals surface area contributed by atoms with Crippen LogP contribution in [0, 0.1) is 6.92 Å². The summed E-state index contributed by atoms with van der Waals surface area (Å²) in [6.45, 7) is 3.43. The fourth-order valence-electron chi connectivity index (χ4n) is 2.44. The van der Waals surface area contributed by atoms with Crippen LogP contribution in [-0.4, -0.2) is 40.5 Å². The number of anilines is 1. The van der Waals surface area contributed by atoms with Gasteiger partial charge in [0.1, 0.15) is 5.69 Å². The van der Waals surface area contributed by atoms with Crippen LogP contribution < -0.4 is 10.0 Å². The minimum atomic E-state index is -3.61. The second kappa shape index (κ2) is 7.56. The smallest absolute Gasteiger partial charge is 0.295 e. The summed E-state index contributed by atoms with van der Waals surface area (Å²) in [5.41, 5.74) is 0.184. The monoisotopic (exact) mass is 410 g/mol. The van der Waals surface area contributed by atoms with Gasteiger partial charge in [0.25, 0.3) is 18.1 Å². The van der Waals surface area contributed by atoms with E-state index in [1.807, 2.05) is 0 Å². The van der Waals surface area contributed by atoms with Gasteiger partial charge in [-0.05, 0) is 37.3 Å². The maximum Gasteiger partial charge on any atom is 0.295 e. The molecule has 3 aromatic rings. The number of aromatic nitrogens is 4. The Kier molecular flexibility index (Phi) is 5.34. The van der Waals surface area contributed by atoms with Crippen molar-refractivity contribution in [3.8, 4) is 0 Å². The average Bonchev–Trinajstić information content (AvgIpc) is 3.05. The molecule has 0 aliphatic rings. The zero-order valence-electron chi connectivity index (χ0n) is 14.8. The molecule has 1 aromatic carbocycles. The number of nitrogens with zero attached hydrogens (tertiary/aromatic N) is 4. The van der Waals surface area contributed by atoms with E-state index in [9.17, 15) is 22.0 Å². The van der Waals surface area contributed by atoms with E-state index in [0.29, 0.717) is 5.69 Å². The molecule has 2 N–H and O–H groups in total. The predicted molar refractivity (Wildman–Crippen MR) is 95.7 cm³/mol. The number of nitrogens with one attached hydrogen (secondary N) is 2. The Morgan fingerprint density at radius 3 is 2.50 bits per heavy atom. The minimum absolute atomic E-state index is 0.0412. The largest absolute Gasteiger partial charge is 0.319 e. The lowest BCUT2D eigenvalue weighted by atomic mass is 10.3. The molecule has 0 spiro atoms. The number of amides is 1. The quantitative estimate of drug-likeness (QED) is 0.641. The van der Waals surface area contributed by atoms with Gasteiger partial charge < -0.3 is 5.32 Å². The molecule has 2 aromatic heterocycles. The van der Waals surface area contributed by atoms with E-state index in [0.717, 1.165) is 10.6 Å². The summed E-state index contributed by atoms with van der Waals surface area (Å²) in [5.74, 6) is -1.21. The highest BCUT2D eigenvalue weighted by molar-refractivity contribution is 7.89. The van der Waals surface area contributed by atoms with Crippen molar-refractivity contribution in [1.82, 2.24) is 24.3 Å². The van der Waals surface area contributed by atoms with Crippen LogP contribution in [-0.2, 0) is 10.0 Å². The lowest BCUT2D eigenvalue weighted by Crippen LogP contribution is -2.23. The fraction of sp³-hybridized carbons (Fsp3) is 0.250. The van der Waals surface area contributed by atoms with Crippen molar-refractivity contribution in [2.75, 3.05) is 11.9 Å². The van der Waals surface area contributed by atoms with Crippen LogP contribution in [0.4, 0.5) is 14.5 Å². The van der Waals surface area contributed by atoms with Crippen LogP contribution in [0.2, 0.25) is 0 Å². The summed E-state index contributed by atoms with van der Waals surface area (Å²) < 4.78 is 53.3. The third-order valence-electron chi connectivity index (χ3n) is 3.65. The number of aryl methyl sites for hydroxylation is 1. The Labute approximate surface area is 158 Å². The Hall–Kier alpha value is -2.99. The molecule has 0 aliphatic heterocycles. The van der Waals surface area contributed by atoms with Gasteiger partial charge in [-0.3, -0.25) is 4.79 Å². The molecule has 0 fully saturated rings. The summed E-state index contributed by atoms with van der Waals surface area (Å²) in [6, 6.07) is 6.60. The molecule has 0 radical (unpaired) electrons. The topological polar surface area (TPSA) is 118 Å². The van der Waals surface area contributed by atoms with Gasteiger partial charge in [0.2, 0.25) is 15.8 Å². The van der Waals surface area contributed by atoms with Crippen LogP contribution in [0.5, 0.6) is 0 Å². The van der Waals surface area contributed by atoms with E-state index >= 15 is 0 Å². The number of fused-ring (bicyclic) bond motifs is 1. The first-order chi connectivity index (χ1) is 13.2. The van der Waals surface area contributed by atoms with E-state index in [-0.39, 0.29) is 28.7 Å². The van der Waals surface area contributed by atoms with E-state index < -0.39 is 28.0 Å². The molecule has 28 heavy (non-hydrogen) atoms. The number of rotatable bonds is 6. The van der Waals surface area contributed by atoms with Crippen molar-refractivity contribution < 1.29 is 22.0 Å². The van der Waals surface area contributed by atoms with Gasteiger partial charge in [0.05, 0.1) is 4.90 Å². The first-order valence-corrected chi connectivity index (χ1v) is 9.63. The number of hydrogen-bond acceptors (Lipinski definition) is 6. The zero-order chi connectivity index (χ0) is 20.5. The van der Waals surface area contributed by atoms with Crippen molar-refractivity contribution in [3.63, 3.8) is 0 Å². The second-order valence-electron chi connectivity index (χ2n) is 5.75. The molecule has 2 heterocycles. The molecule has 0 bridgehead atoms. The van der Waals surface area contributed by atoms with Crippen molar-refractivity contribution in [2.24, 2.45) is 0 Å². The van der Waals surface area contributed by atoms with Crippen LogP contribution in [0.15, 0.2) is 35.2 Å². The standard InChI is InChI=1S/C16H16F2N6O3S/c1-3-19-28(26,27)11-6-4-10(5-7-11)21-15(25)14-22-16-20-9(2)8-12(13(17)18)24(16)23-14/h4-8,13,19H,3H2,1-2H3,(H,21,25). The Morgan fingerprint density at radius 2 is 1.89 bits per heavy atom. The maximum absolute atomic E-state index is 13.2. The zero-order valence-corrected chi connectivity index (χ0v) is 15.7. The van der Waals surface area contributed by atoms with Gasteiger partial charge in [0, 0.05) is 17.9 Å². The fourth-order valence-corrected chi connectivity index (χ4v) is 3.49. The van der Waals surface area contributed by atoms with Crippen molar-refractivity contribution in [2.45, 2.75) is 25.2 Å². The summed E-state index contributed by atoms with van der Waals surface area (Å²) in [4.78, 5) is 20.3. The molecule has 148 valence electrons. The molecule has 0 saturated heterocycles. The van der Waals surface area contributed by atoms with Crippen LogP contribution in [0.25, 0.3) is 5.78 Å². The number of carbonyl (C=O) groups excluding carboxylic acids is 1. The average molecular weight is 410 g/mol. The lowest BCUT2D eigenvalue weighted by molar-refractivity contribution is 0.101. The Bertz CT molecular complexity index is 1130. The molecular formula is C16H16F2N6O3S. The third-order valence-corrected chi connectivity index (χ3v) is 5.21. The highest BCUT2D eigenvalue weighted by Crippen LogP contribution is 2.20. The van der Waals surface area contributed by atoms with Gasteiger partial charge >= 0.3 is 0 Å². The lowest BCUT2D eigenvalue weighted by Gasteiger charge is -2.06. The normalized spacial score (nSPS) is 11.9. The molecule has 0 unspecified atom stereocenters. The predicted octanol–water partition coefficient (Wildman–Crippen LogP) is 1.92. The molecule has 1 amide bonds. The second-order valence-corrected chi connectivity index (χ2v) is 7.52. The van der Waals surface area contributed by atoms with E-state index in [1.165, 1.54) is 31.2 Å². The van der Waals surface area contributed by atoms with Crippen LogP contribution in [0.3, 0.4) is 0 Å². The maximum atomic E-state index is 13.2. The van der Waals surface area contributed by atoms with Gasteiger partial charge in [-0.25, -0.2) is 26.9 Å². The molecule has 0 atom stereocenters. The number of benzene rings is 1. The van der Waals surface area contributed by atoms with Crippen molar-refractivity contribution in [3.05, 3.63) is 47.5 Å². The van der Waals surface area contributed by atoms with Crippen molar-refractivity contribution in [1.29, 1.82) is 0 Å². The molecule has 12 heteroatoms. The summed E-state index contributed by atoms with van der Waals surface area (Å²) >= 11 is 0. The van der Waals surface area contributed by atoms with E-state index in [1.54, 1.807) is 6.92 Å². The Balaban J connectivity index is 1.84. The van der Waals surface area contributed by atoms with Gasteiger partial charge in [-0.2, -0.15) is 9.50 Å². The van der Waals surface area contributed by atoms with Gasteiger partial charge in [0.15, 0.2) is 0 Å². The van der Waals surface area contributed by atoms with Gasteiger partial charge in [-0.15, -0.1) is 5.10 Å². The number of carbonyl (C=O) groups is 1. The molecule has 3 rings (SSSR count). The van der Waals surface area contributed by atoms with Gasteiger partial charge in [-0.1, -0.05) is 6.92 Å². The third kappa shape index (κ3) is 3.97. The Morgan fingerprint density at radius 1 is 1.21 bits per heavy atom. The number of sulfonamides is 1. The number of alkyl halides is 2. The van der Waals surface area contributed by atoms with E-state index in [2.05, 4.69) is 25.1 Å². The summed E-state index contributed by atoms with van der Waals surface area (Å²) in [5, 5.41) is 6.28. The van der Waals surface area contributed by atoms with Crippen LogP contribution in [0.1, 0.15) is 35.4 Å². The summed E-state index contributed by atoms with van der Waals surface area (Å²) in [6.07, 6.45) is -2.81. The first-order valence-electron chi connectivity index (χ1n) is 8.15.